The van der Waals surface area contributed by atoms with Gasteiger partial charge in [-0.25, -0.2) is 0 Å². The summed E-state index contributed by atoms with van der Waals surface area (Å²) in [4.78, 5) is 29.4. The second-order valence-corrected chi connectivity index (χ2v) is 9.81. The fraction of sp³-hybridized carbons (Fsp3) is 0.296. The fourth-order valence-electron chi connectivity index (χ4n) is 4.48. The average Bonchev–Trinajstić information content (AvgIpc) is 3.36. The normalized spacial score (nSPS) is 17.6. The molecule has 1 N–H and O–H groups in total. The molecule has 0 aromatic heterocycles. The van der Waals surface area contributed by atoms with Crippen molar-refractivity contribution in [3.8, 4) is 0 Å². The Kier molecular flexibility index (Phi) is 8.24. The molecule has 3 aromatic carbocycles. The predicted molar refractivity (Wildman–Crippen MR) is 133 cm³/mol. The number of oxime groups is 1. The summed E-state index contributed by atoms with van der Waals surface area (Å²) in [5, 5.41) is 5.13. The number of halogens is 10. The SMILES string of the molecule is O=C(CCC(=O)c1ccc(C2=NOC(c3cc(Cl)cc(C(F)(F)F)c3)(C(F)(F)F)C2)c2ccccc12)NCC(F)(F)F. The van der Waals surface area contributed by atoms with Crippen molar-refractivity contribution in [1.29, 1.82) is 0 Å². The largest absolute Gasteiger partial charge is 0.435 e. The van der Waals surface area contributed by atoms with Crippen molar-refractivity contribution in [1.82, 2.24) is 5.32 Å². The smallest absolute Gasteiger partial charge is 0.374 e. The molecule has 15 heteroatoms. The van der Waals surface area contributed by atoms with Gasteiger partial charge in [0.15, 0.2) is 5.78 Å². The summed E-state index contributed by atoms with van der Waals surface area (Å²) in [5.74, 6) is -1.62. The summed E-state index contributed by atoms with van der Waals surface area (Å²) in [5.41, 5.74) is -5.76. The van der Waals surface area contributed by atoms with Gasteiger partial charge in [0.1, 0.15) is 6.54 Å². The van der Waals surface area contributed by atoms with Crippen LogP contribution in [0, 0.1) is 0 Å². The summed E-state index contributed by atoms with van der Waals surface area (Å²) in [6.45, 7) is -1.56. The quantitative estimate of drug-likeness (QED) is 0.216. The van der Waals surface area contributed by atoms with E-state index in [0.717, 1.165) is 0 Å². The standard InChI is InChI=1S/C27H18ClF9N2O3/c28-16-10-14(9-15(11-16)26(32,33)34)24(27(35,36)37)12-21(39-42-24)19-5-6-20(18-4-2-1-3-17(18)19)22(40)7-8-23(41)38-13-25(29,30)31/h1-6,9-11H,7-8,12-13H2,(H,38,41). The van der Waals surface area contributed by atoms with Crippen LogP contribution < -0.4 is 5.32 Å². The van der Waals surface area contributed by atoms with Crippen molar-refractivity contribution < 1.29 is 53.9 Å². The van der Waals surface area contributed by atoms with Gasteiger partial charge in [0, 0.05) is 41.0 Å². The number of carbonyl (C=O) groups is 2. The lowest BCUT2D eigenvalue weighted by Crippen LogP contribution is -2.43. The number of carbonyl (C=O) groups excluding carboxylic acids is 2. The summed E-state index contributed by atoms with van der Waals surface area (Å²) in [6.07, 6.45) is -16.9. The molecular formula is C27H18ClF9N2O3. The van der Waals surface area contributed by atoms with Crippen molar-refractivity contribution in [2.45, 2.75) is 43.4 Å². The Morgan fingerprint density at radius 3 is 2.19 bits per heavy atom. The Hall–Kier alpha value is -3.81. The minimum Gasteiger partial charge on any atom is -0.374 e. The zero-order chi connectivity index (χ0) is 31.1. The number of amides is 1. The number of rotatable bonds is 7. The van der Waals surface area contributed by atoms with E-state index < -0.39 is 77.8 Å². The van der Waals surface area contributed by atoms with E-state index >= 15 is 0 Å². The third kappa shape index (κ3) is 6.48. The highest BCUT2D eigenvalue weighted by Gasteiger charge is 2.62. The Morgan fingerprint density at radius 1 is 0.905 bits per heavy atom. The molecule has 1 aliphatic rings. The Balaban J connectivity index is 1.65. The molecular weight excluding hydrogens is 607 g/mol. The first-order chi connectivity index (χ1) is 19.4. The lowest BCUT2D eigenvalue weighted by atomic mass is 9.84. The summed E-state index contributed by atoms with van der Waals surface area (Å²) in [7, 11) is 0. The maximum absolute atomic E-state index is 14.4. The van der Waals surface area contributed by atoms with E-state index in [1.807, 2.05) is 0 Å². The monoisotopic (exact) mass is 624 g/mol. The van der Waals surface area contributed by atoms with Crippen molar-refractivity contribution in [2.75, 3.05) is 6.54 Å². The van der Waals surface area contributed by atoms with Crippen LogP contribution in [0.25, 0.3) is 10.8 Å². The highest BCUT2D eigenvalue weighted by molar-refractivity contribution is 6.30. The minimum atomic E-state index is -5.23. The molecule has 0 saturated carbocycles. The zero-order valence-electron chi connectivity index (χ0n) is 21.0. The van der Waals surface area contributed by atoms with Crippen LogP contribution in [0.5, 0.6) is 0 Å². The minimum absolute atomic E-state index is 0.0456. The molecule has 42 heavy (non-hydrogen) atoms. The van der Waals surface area contributed by atoms with Crippen LogP contribution in [0.1, 0.15) is 46.3 Å². The van der Waals surface area contributed by atoms with Gasteiger partial charge in [-0.3, -0.25) is 9.59 Å². The fourth-order valence-corrected chi connectivity index (χ4v) is 4.71. The molecule has 5 nitrogen and oxygen atoms in total. The van der Waals surface area contributed by atoms with Crippen molar-refractivity contribution in [3.63, 3.8) is 0 Å². The molecule has 1 atom stereocenters. The molecule has 0 radical (unpaired) electrons. The Bertz CT molecular complexity index is 1570. The van der Waals surface area contributed by atoms with Crippen LogP contribution in [-0.4, -0.2) is 36.3 Å². The molecule has 0 aliphatic carbocycles. The molecule has 0 spiro atoms. The first-order valence-corrected chi connectivity index (χ1v) is 12.4. The van der Waals surface area contributed by atoms with E-state index in [0.29, 0.717) is 18.2 Å². The predicted octanol–water partition coefficient (Wildman–Crippen LogP) is 7.74. The zero-order valence-corrected chi connectivity index (χ0v) is 21.7. The molecule has 1 unspecified atom stereocenters. The van der Waals surface area contributed by atoms with Crippen LogP contribution in [0.4, 0.5) is 39.5 Å². The molecule has 0 saturated heterocycles. The van der Waals surface area contributed by atoms with Gasteiger partial charge in [-0.2, -0.15) is 39.5 Å². The number of benzene rings is 3. The first kappa shape index (κ1) is 31.1. The van der Waals surface area contributed by atoms with Gasteiger partial charge >= 0.3 is 18.5 Å². The molecule has 0 bridgehead atoms. The van der Waals surface area contributed by atoms with E-state index in [1.165, 1.54) is 36.4 Å². The van der Waals surface area contributed by atoms with E-state index in [2.05, 4.69) is 5.16 Å². The van der Waals surface area contributed by atoms with Gasteiger partial charge < -0.3 is 10.2 Å². The second-order valence-electron chi connectivity index (χ2n) is 9.38. The van der Waals surface area contributed by atoms with E-state index in [1.54, 1.807) is 5.32 Å². The number of nitrogens with one attached hydrogen (secondary N) is 1. The first-order valence-electron chi connectivity index (χ1n) is 12.0. The molecule has 3 aromatic rings. The number of fused-ring (bicyclic) bond motifs is 1. The average molecular weight is 625 g/mol. The van der Waals surface area contributed by atoms with Gasteiger partial charge in [-0.15, -0.1) is 0 Å². The lowest BCUT2D eigenvalue weighted by molar-refractivity contribution is -0.276. The number of alkyl halides is 9. The summed E-state index contributed by atoms with van der Waals surface area (Å²) >= 11 is 5.74. The molecule has 1 aliphatic heterocycles. The van der Waals surface area contributed by atoms with Crippen molar-refractivity contribution >= 4 is 39.8 Å². The van der Waals surface area contributed by atoms with Crippen molar-refractivity contribution in [3.05, 3.63) is 81.9 Å². The number of Topliss-reactive ketones (excluding diaryl/α,β-unsaturated/α-hetero) is 1. The number of hydrogen-bond acceptors (Lipinski definition) is 4. The van der Waals surface area contributed by atoms with E-state index in [-0.39, 0.29) is 27.6 Å². The lowest BCUT2D eigenvalue weighted by Gasteiger charge is -2.30. The van der Waals surface area contributed by atoms with Gasteiger partial charge in [0.2, 0.25) is 5.91 Å². The highest BCUT2D eigenvalue weighted by Crippen LogP contribution is 2.50. The van der Waals surface area contributed by atoms with Gasteiger partial charge in [-0.05, 0) is 29.0 Å². The van der Waals surface area contributed by atoms with Gasteiger partial charge in [-0.1, -0.05) is 53.2 Å². The van der Waals surface area contributed by atoms with Crippen LogP contribution >= 0.6 is 11.6 Å². The van der Waals surface area contributed by atoms with Crippen LogP contribution in [0.15, 0.2) is 59.8 Å². The number of nitrogens with zero attached hydrogens (tertiary/aromatic N) is 1. The highest BCUT2D eigenvalue weighted by atomic mass is 35.5. The Morgan fingerprint density at radius 2 is 1.57 bits per heavy atom. The summed E-state index contributed by atoms with van der Waals surface area (Å²) < 4.78 is 120. The maximum atomic E-state index is 14.4. The third-order valence-electron chi connectivity index (χ3n) is 6.48. The molecule has 224 valence electrons. The number of hydrogen-bond donors (Lipinski definition) is 1. The van der Waals surface area contributed by atoms with Gasteiger partial charge in [0.05, 0.1) is 11.3 Å². The molecule has 4 rings (SSSR count). The second kappa shape index (κ2) is 11.1. The van der Waals surface area contributed by atoms with Crippen LogP contribution in [0.2, 0.25) is 5.02 Å². The third-order valence-corrected chi connectivity index (χ3v) is 6.70. The van der Waals surface area contributed by atoms with Crippen molar-refractivity contribution in [2.24, 2.45) is 5.16 Å². The van der Waals surface area contributed by atoms with Gasteiger partial charge in [0.25, 0.3) is 5.60 Å². The van der Waals surface area contributed by atoms with E-state index in [4.69, 9.17) is 16.4 Å². The van der Waals surface area contributed by atoms with E-state index in [9.17, 15) is 49.1 Å². The molecule has 1 amide bonds. The molecule has 0 fully saturated rings. The number of ketones is 1. The molecule has 1 heterocycles. The topological polar surface area (TPSA) is 67.8 Å². The summed E-state index contributed by atoms with van der Waals surface area (Å²) in [6, 6.07) is 9.99. The van der Waals surface area contributed by atoms with Crippen LogP contribution in [0.3, 0.4) is 0 Å². The maximum Gasteiger partial charge on any atom is 0.435 e. The van der Waals surface area contributed by atoms with Crippen LogP contribution in [-0.2, 0) is 21.4 Å². The Labute approximate surface area is 236 Å².